The molecule has 0 spiro atoms. The molecule has 0 atom stereocenters. The molecule has 0 fully saturated rings. The van der Waals surface area contributed by atoms with E-state index in [4.69, 9.17) is 9.47 Å². The third-order valence-corrected chi connectivity index (χ3v) is 3.34. The molecule has 0 aliphatic heterocycles. The molecule has 128 valence electrons. The van der Waals surface area contributed by atoms with Crippen LogP contribution in [-0.2, 0) is 6.54 Å². The van der Waals surface area contributed by atoms with Crippen molar-refractivity contribution in [1.82, 2.24) is 5.32 Å². The summed E-state index contributed by atoms with van der Waals surface area (Å²) in [5.41, 5.74) is 1.56. The zero-order valence-corrected chi connectivity index (χ0v) is 14.3. The van der Waals surface area contributed by atoms with Crippen LogP contribution in [0.2, 0.25) is 0 Å². The number of ether oxygens (including phenoxy) is 2. The van der Waals surface area contributed by atoms with Crippen molar-refractivity contribution in [1.29, 1.82) is 0 Å². The number of benzene rings is 2. The van der Waals surface area contributed by atoms with Crippen LogP contribution in [0.5, 0.6) is 11.5 Å². The zero-order valence-electron chi connectivity index (χ0n) is 14.3. The molecule has 2 N–H and O–H groups in total. The second-order valence-corrected chi connectivity index (χ2v) is 5.82. The van der Waals surface area contributed by atoms with Crippen molar-refractivity contribution in [2.24, 2.45) is 5.92 Å². The lowest BCUT2D eigenvalue weighted by Gasteiger charge is -2.14. The van der Waals surface area contributed by atoms with Crippen molar-refractivity contribution in [3.63, 3.8) is 0 Å². The molecule has 0 unspecified atom stereocenters. The molecule has 5 heteroatoms. The summed E-state index contributed by atoms with van der Waals surface area (Å²) >= 11 is 0. The fourth-order valence-corrected chi connectivity index (χ4v) is 2.14. The van der Waals surface area contributed by atoms with Gasteiger partial charge in [-0.1, -0.05) is 44.2 Å². The van der Waals surface area contributed by atoms with Gasteiger partial charge < -0.3 is 20.1 Å². The zero-order chi connectivity index (χ0) is 17.4. The molecular weight excluding hydrogens is 304 g/mol. The Bertz CT molecular complexity index is 671. The summed E-state index contributed by atoms with van der Waals surface area (Å²) in [6.07, 6.45) is 0. The quantitative estimate of drug-likeness (QED) is 0.806. The Morgan fingerprint density at radius 2 is 1.71 bits per heavy atom. The van der Waals surface area contributed by atoms with E-state index in [1.807, 2.05) is 48.5 Å². The van der Waals surface area contributed by atoms with Gasteiger partial charge in [0.05, 0.1) is 19.4 Å². The minimum atomic E-state index is -0.290. The Morgan fingerprint density at radius 3 is 2.42 bits per heavy atom. The van der Waals surface area contributed by atoms with Crippen molar-refractivity contribution in [3.8, 4) is 11.5 Å². The van der Waals surface area contributed by atoms with E-state index in [1.165, 1.54) is 0 Å². The summed E-state index contributed by atoms with van der Waals surface area (Å²) < 4.78 is 11.0. The lowest BCUT2D eigenvalue weighted by Crippen LogP contribution is -2.28. The average Bonchev–Trinajstić information content (AvgIpc) is 2.59. The van der Waals surface area contributed by atoms with Crippen LogP contribution in [0.1, 0.15) is 19.4 Å². The number of methoxy groups -OCH3 is 1. The Balaban J connectivity index is 1.95. The second kappa shape index (κ2) is 8.82. The van der Waals surface area contributed by atoms with Crippen LogP contribution in [0.25, 0.3) is 0 Å². The van der Waals surface area contributed by atoms with Crippen molar-refractivity contribution >= 4 is 11.7 Å². The van der Waals surface area contributed by atoms with E-state index >= 15 is 0 Å². The molecule has 5 nitrogen and oxygen atoms in total. The minimum Gasteiger partial charge on any atom is -0.496 e. The average molecular weight is 328 g/mol. The number of hydrogen-bond acceptors (Lipinski definition) is 3. The summed E-state index contributed by atoms with van der Waals surface area (Å²) in [6, 6.07) is 14.7. The molecule has 0 aromatic heterocycles. The highest BCUT2D eigenvalue weighted by Crippen LogP contribution is 2.24. The molecule has 2 aromatic rings. The van der Waals surface area contributed by atoms with Crippen LogP contribution in [0.15, 0.2) is 48.5 Å². The predicted octanol–water partition coefficient (Wildman–Crippen LogP) is 4.05. The first kappa shape index (κ1) is 17.7. The highest BCUT2D eigenvalue weighted by Gasteiger charge is 2.09. The van der Waals surface area contributed by atoms with Crippen LogP contribution < -0.4 is 20.1 Å². The van der Waals surface area contributed by atoms with E-state index < -0.39 is 0 Å². The van der Waals surface area contributed by atoms with E-state index in [0.29, 0.717) is 30.5 Å². The molecule has 0 saturated carbocycles. The fraction of sp³-hybridized carbons (Fsp3) is 0.316. The topological polar surface area (TPSA) is 59.6 Å². The van der Waals surface area contributed by atoms with Gasteiger partial charge in [0.15, 0.2) is 0 Å². The summed E-state index contributed by atoms with van der Waals surface area (Å²) in [7, 11) is 1.61. The van der Waals surface area contributed by atoms with Gasteiger partial charge in [-0.3, -0.25) is 0 Å². The molecule has 0 aliphatic carbocycles. The van der Waals surface area contributed by atoms with Crippen LogP contribution in [0.4, 0.5) is 10.5 Å². The highest BCUT2D eigenvalue weighted by molar-refractivity contribution is 5.90. The molecule has 2 aromatic carbocycles. The first-order chi connectivity index (χ1) is 11.6. The molecule has 0 aliphatic rings. The van der Waals surface area contributed by atoms with Gasteiger partial charge in [-0.25, -0.2) is 4.79 Å². The number of para-hydroxylation sites is 3. The van der Waals surface area contributed by atoms with Gasteiger partial charge in [0, 0.05) is 12.1 Å². The van der Waals surface area contributed by atoms with Gasteiger partial charge in [0.2, 0.25) is 0 Å². The van der Waals surface area contributed by atoms with E-state index in [1.54, 1.807) is 7.11 Å². The van der Waals surface area contributed by atoms with Crippen LogP contribution in [-0.4, -0.2) is 19.7 Å². The summed E-state index contributed by atoms with van der Waals surface area (Å²) in [6.45, 7) is 5.14. The van der Waals surface area contributed by atoms with Crippen molar-refractivity contribution in [3.05, 3.63) is 54.1 Å². The summed E-state index contributed by atoms with van der Waals surface area (Å²) in [5, 5.41) is 5.65. The fourth-order valence-electron chi connectivity index (χ4n) is 2.14. The first-order valence-corrected chi connectivity index (χ1v) is 7.98. The number of carbonyl (C=O) groups is 1. The summed E-state index contributed by atoms with van der Waals surface area (Å²) in [4.78, 5) is 12.2. The van der Waals surface area contributed by atoms with Gasteiger partial charge in [-0.2, -0.15) is 0 Å². The van der Waals surface area contributed by atoms with Gasteiger partial charge in [-0.15, -0.1) is 0 Å². The van der Waals surface area contributed by atoms with Crippen molar-refractivity contribution in [2.75, 3.05) is 19.0 Å². The minimum absolute atomic E-state index is 0.290. The number of urea groups is 1. The van der Waals surface area contributed by atoms with Crippen LogP contribution in [0, 0.1) is 5.92 Å². The molecule has 0 radical (unpaired) electrons. The van der Waals surface area contributed by atoms with Crippen molar-refractivity contribution < 1.29 is 14.3 Å². The van der Waals surface area contributed by atoms with Gasteiger partial charge >= 0.3 is 6.03 Å². The van der Waals surface area contributed by atoms with Crippen LogP contribution in [0.3, 0.4) is 0 Å². The van der Waals surface area contributed by atoms with Crippen LogP contribution >= 0.6 is 0 Å². The SMILES string of the molecule is COc1ccccc1CNC(=O)Nc1ccccc1OCC(C)C. The van der Waals surface area contributed by atoms with E-state index in [2.05, 4.69) is 24.5 Å². The predicted molar refractivity (Wildman–Crippen MR) is 95.6 cm³/mol. The maximum Gasteiger partial charge on any atom is 0.319 e. The lowest BCUT2D eigenvalue weighted by atomic mass is 10.2. The largest absolute Gasteiger partial charge is 0.496 e. The third kappa shape index (κ3) is 5.19. The van der Waals surface area contributed by atoms with Crippen molar-refractivity contribution in [2.45, 2.75) is 20.4 Å². The lowest BCUT2D eigenvalue weighted by molar-refractivity contribution is 0.251. The Kier molecular flexibility index (Phi) is 6.49. The number of rotatable bonds is 7. The molecule has 2 rings (SSSR count). The van der Waals surface area contributed by atoms with E-state index in [0.717, 1.165) is 11.3 Å². The summed E-state index contributed by atoms with van der Waals surface area (Å²) in [5.74, 6) is 1.83. The normalized spacial score (nSPS) is 10.3. The maximum atomic E-state index is 12.2. The molecule has 0 saturated heterocycles. The highest BCUT2D eigenvalue weighted by atomic mass is 16.5. The Hall–Kier alpha value is -2.69. The van der Waals surface area contributed by atoms with Gasteiger partial charge in [0.25, 0.3) is 0 Å². The maximum absolute atomic E-state index is 12.2. The van der Waals surface area contributed by atoms with E-state index in [9.17, 15) is 4.79 Å². The smallest absolute Gasteiger partial charge is 0.319 e. The van der Waals surface area contributed by atoms with E-state index in [-0.39, 0.29) is 6.03 Å². The number of carbonyl (C=O) groups excluding carboxylic acids is 1. The number of nitrogens with one attached hydrogen (secondary N) is 2. The monoisotopic (exact) mass is 328 g/mol. The third-order valence-electron chi connectivity index (χ3n) is 3.34. The second-order valence-electron chi connectivity index (χ2n) is 5.82. The molecule has 0 bridgehead atoms. The van der Waals surface area contributed by atoms with Gasteiger partial charge in [0.1, 0.15) is 11.5 Å². The number of anilines is 1. The number of amides is 2. The molecule has 2 amide bonds. The standard InChI is InChI=1S/C19H24N2O3/c1-14(2)13-24-18-11-7-5-9-16(18)21-19(22)20-12-15-8-4-6-10-17(15)23-3/h4-11,14H,12-13H2,1-3H3,(H2,20,21,22). The number of hydrogen-bond donors (Lipinski definition) is 2. The Labute approximate surface area is 143 Å². The molecular formula is C19H24N2O3. The molecule has 0 heterocycles. The first-order valence-electron chi connectivity index (χ1n) is 7.98. The molecule has 24 heavy (non-hydrogen) atoms. The van der Waals surface area contributed by atoms with Gasteiger partial charge in [-0.05, 0) is 24.1 Å². The Morgan fingerprint density at radius 1 is 1.04 bits per heavy atom.